The summed E-state index contributed by atoms with van der Waals surface area (Å²) in [6.07, 6.45) is 0. The maximum absolute atomic E-state index is 5.75. The van der Waals surface area contributed by atoms with Gasteiger partial charge >= 0.3 is 0 Å². The largest absolute Gasteiger partial charge is 0.310 e. The summed E-state index contributed by atoms with van der Waals surface area (Å²) in [5.41, 5.74) is 34.6. The lowest BCUT2D eigenvalue weighted by Gasteiger charge is -2.35. The molecule has 0 fully saturated rings. The summed E-state index contributed by atoms with van der Waals surface area (Å²) < 4.78 is 5.41. The van der Waals surface area contributed by atoms with Gasteiger partial charge < -0.3 is 9.13 Å². The Bertz CT molecular complexity index is 5660. The lowest BCUT2D eigenvalue weighted by molar-refractivity contribution is 0.568. The molecule has 16 aromatic rings. The molecule has 0 amide bonds. The molecule has 18 rings (SSSR count). The quantitative estimate of drug-likeness (QED) is 0.135. The maximum Gasteiger partial charge on any atom is 0.252 e. The Morgan fingerprint density at radius 1 is 0.252 bits per heavy atom. The lowest BCUT2D eigenvalue weighted by atomic mass is 9.34. The molecule has 5 heteroatoms. The van der Waals surface area contributed by atoms with Crippen LogP contribution in [0.5, 0.6) is 0 Å². The molecular weight excluding hydrogens is 1240 g/mol. The minimum absolute atomic E-state index is 0.121. The summed E-state index contributed by atoms with van der Waals surface area (Å²) >= 11 is 0. The highest BCUT2D eigenvalue weighted by molar-refractivity contribution is 7.00. The topological polar surface area (TPSA) is 35.6 Å². The Hall–Kier alpha value is -11.4. The molecule has 5 heterocycles. The van der Waals surface area contributed by atoms with Crippen molar-refractivity contribution in [2.45, 2.75) is 105 Å². The highest BCUT2D eigenvalue weighted by atomic mass is 15.0. The fourth-order valence-electron chi connectivity index (χ4n) is 16.6. The first-order valence-corrected chi connectivity index (χ1v) is 36.6. The molecule has 2 aliphatic heterocycles. The third kappa shape index (κ3) is 10.6. The molecule has 2 aliphatic rings. The molecule has 4 nitrogen and oxygen atoms in total. The second-order valence-electron chi connectivity index (χ2n) is 33.0. The number of aromatic nitrogens is 4. The standard InChI is InChI=1S/C98H83BN4/c1-95(2,3)71-47-68(48-72(57-71)96(4,5)6)75-43-45-79-92-89(75)87-77(62-35-23-15-24-36-62)51-66(60-31-19-13-20-32-60)53-83(87)102(92)85-55-70(82-59-81(64-39-27-17-28-40-64)100-94(101-82)65-41-29-18-30-42-65)56-86-91(85)99(79)80-46-44-76(69-49-73(97(7,8)9)58-74(50-69)98(10,11)12)90-88-78(63-37-25-16-26-38-63)52-67(61-33-21-14-22-34-61)54-84(88)103(86)93(80)90/h13-59H,1-12H3. The van der Waals surface area contributed by atoms with Gasteiger partial charge in [0.1, 0.15) is 0 Å². The van der Waals surface area contributed by atoms with E-state index in [-0.39, 0.29) is 28.4 Å². The summed E-state index contributed by atoms with van der Waals surface area (Å²) in [6.45, 7) is 28.1. The molecule has 0 unspecified atom stereocenters. The van der Waals surface area contributed by atoms with E-state index in [1.165, 1.54) is 116 Å². The van der Waals surface area contributed by atoms with Crippen molar-refractivity contribution in [2.75, 3.05) is 0 Å². The van der Waals surface area contributed by atoms with E-state index >= 15 is 0 Å². The van der Waals surface area contributed by atoms with Crippen molar-refractivity contribution in [1.29, 1.82) is 0 Å². The summed E-state index contributed by atoms with van der Waals surface area (Å²) in [4.78, 5) is 11.2. The lowest BCUT2D eigenvalue weighted by Crippen LogP contribution is -2.59. The zero-order valence-corrected chi connectivity index (χ0v) is 61.0. The number of hydrogen-bond acceptors (Lipinski definition) is 2. The van der Waals surface area contributed by atoms with Gasteiger partial charge in [-0.1, -0.05) is 326 Å². The van der Waals surface area contributed by atoms with Crippen molar-refractivity contribution < 1.29 is 0 Å². The number of hydrogen-bond donors (Lipinski definition) is 0. The molecule has 0 bridgehead atoms. The van der Waals surface area contributed by atoms with Crippen molar-refractivity contribution in [3.05, 3.63) is 307 Å². The van der Waals surface area contributed by atoms with Crippen molar-refractivity contribution in [3.63, 3.8) is 0 Å². The van der Waals surface area contributed by atoms with E-state index in [0.29, 0.717) is 5.82 Å². The zero-order valence-electron chi connectivity index (χ0n) is 61.0. The van der Waals surface area contributed by atoms with Crippen LogP contribution in [0, 0.1) is 0 Å². The van der Waals surface area contributed by atoms with Gasteiger partial charge in [-0.3, -0.25) is 0 Å². The van der Waals surface area contributed by atoms with Gasteiger partial charge in [0.2, 0.25) is 0 Å². The Balaban J connectivity index is 1.08. The monoisotopic (exact) mass is 1330 g/mol. The fraction of sp³-hybridized carbons (Fsp3) is 0.163. The van der Waals surface area contributed by atoms with Crippen LogP contribution in [-0.4, -0.2) is 25.8 Å². The second-order valence-corrected chi connectivity index (χ2v) is 33.0. The highest BCUT2D eigenvalue weighted by Crippen LogP contribution is 2.52. The molecule has 0 atom stereocenters. The van der Waals surface area contributed by atoms with E-state index in [4.69, 9.17) is 9.97 Å². The van der Waals surface area contributed by atoms with Crippen LogP contribution in [0.25, 0.3) is 156 Å². The Kier molecular flexibility index (Phi) is 14.6. The average Bonchev–Trinajstić information content (AvgIpc) is 1.52. The van der Waals surface area contributed by atoms with Crippen LogP contribution in [0.4, 0.5) is 0 Å². The molecule has 0 saturated carbocycles. The van der Waals surface area contributed by atoms with E-state index in [0.717, 1.165) is 72.7 Å². The molecule has 0 spiro atoms. The molecule has 13 aromatic carbocycles. The van der Waals surface area contributed by atoms with Gasteiger partial charge in [0, 0.05) is 49.6 Å². The predicted octanol–water partition coefficient (Wildman–Crippen LogP) is 24.0. The van der Waals surface area contributed by atoms with Crippen molar-refractivity contribution in [2.24, 2.45) is 0 Å². The van der Waals surface area contributed by atoms with Crippen LogP contribution in [0.1, 0.15) is 105 Å². The Morgan fingerprint density at radius 3 is 0.942 bits per heavy atom. The van der Waals surface area contributed by atoms with E-state index in [2.05, 4.69) is 377 Å². The van der Waals surface area contributed by atoms with Gasteiger partial charge in [-0.25, -0.2) is 9.97 Å². The number of fused-ring (bicyclic) bond motifs is 10. The predicted molar refractivity (Wildman–Crippen MR) is 439 cm³/mol. The van der Waals surface area contributed by atoms with Gasteiger partial charge in [0.15, 0.2) is 5.82 Å². The molecule has 0 N–H and O–H groups in total. The van der Waals surface area contributed by atoms with Gasteiger partial charge in [-0.2, -0.15) is 0 Å². The first-order valence-electron chi connectivity index (χ1n) is 36.6. The van der Waals surface area contributed by atoms with E-state index in [1.54, 1.807) is 0 Å². The third-order valence-electron chi connectivity index (χ3n) is 22.1. The summed E-state index contributed by atoms with van der Waals surface area (Å²) in [5.74, 6) is 0.674. The molecular formula is C98H83BN4. The average molecular weight is 1330 g/mol. The Labute approximate surface area is 606 Å². The number of rotatable bonds is 9. The van der Waals surface area contributed by atoms with Gasteiger partial charge in [-0.05, 0) is 170 Å². The third-order valence-corrected chi connectivity index (χ3v) is 22.1. The molecule has 3 aromatic heterocycles. The minimum Gasteiger partial charge on any atom is -0.310 e. The highest BCUT2D eigenvalue weighted by Gasteiger charge is 2.44. The summed E-state index contributed by atoms with van der Waals surface area (Å²) in [6, 6.07) is 108. The van der Waals surface area contributed by atoms with Crippen molar-refractivity contribution >= 4 is 66.7 Å². The molecule has 0 radical (unpaired) electrons. The normalized spacial score (nSPS) is 12.8. The van der Waals surface area contributed by atoms with Gasteiger partial charge in [0.25, 0.3) is 6.71 Å². The molecule has 0 aliphatic carbocycles. The first-order chi connectivity index (χ1) is 49.6. The van der Waals surface area contributed by atoms with Crippen LogP contribution in [0.3, 0.4) is 0 Å². The molecule has 103 heavy (non-hydrogen) atoms. The molecule has 498 valence electrons. The van der Waals surface area contributed by atoms with Crippen molar-refractivity contribution in [1.82, 2.24) is 19.1 Å². The second kappa shape index (κ2) is 23.6. The molecule has 0 saturated heterocycles. The Morgan fingerprint density at radius 2 is 0.583 bits per heavy atom. The van der Waals surface area contributed by atoms with Gasteiger partial charge in [0.05, 0.1) is 33.5 Å². The number of nitrogens with zero attached hydrogens (tertiary/aromatic N) is 4. The smallest absolute Gasteiger partial charge is 0.252 e. The van der Waals surface area contributed by atoms with Crippen LogP contribution in [0.15, 0.2) is 285 Å². The SMILES string of the molecule is CC(C)(C)c1cc(-c2ccc3c4c2c2c(-c5ccccc5)cc(-c5ccccc5)cc2n4-c2cc(-c4cc(-c5ccccc5)nc(-c5ccccc5)n4)cc4c2B3c2ccc(-c3cc(C(C)(C)C)cc(C(C)(C)C)c3)c3c5c(-c6ccccc6)cc(-c6ccccc6)cc5n-4c23)cc(C(C)(C)C)c1. The minimum atomic E-state index is -0.217. The van der Waals surface area contributed by atoms with Crippen molar-refractivity contribution in [3.8, 4) is 112 Å². The number of benzene rings is 13. The zero-order chi connectivity index (χ0) is 70.6. The fourth-order valence-corrected chi connectivity index (χ4v) is 16.6. The first kappa shape index (κ1) is 63.8. The van der Waals surface area contributed by atoms with E-state index in [9.17, 15) is 0 Å². The summed E-state index contributed by atoms with van der Waals surface area (Å²) in [5, 5.41) is 4.96. The van der Waals surface area contributed by atoms with Crippen LogP contribution in [0.2, 0.25) is 0 Å². The van der Waals surface area contributed by atoms with Gasteiger partial charge in [-0.15, -0.1) is 0 Å². The van der Waals surface area contributed by atoms with Crippen LogP contribution in [-0.2, 0) is 21.7 Å². The summed E-state index contributed by atoms with van der Waals surface area (Å²) in [7, 11) is 0. The van der Waals surface area contributed by atoms with E-state index < -0.39 is 0 Å². The van der Waals surface area contributed by atoms with Crippen LogP contribution < -0.4 is 16.4 Å². The van der Waals surface area contributed by atoms with E-state index in [1.807, 2.05) is 0 Å². The maximum atomic E-state index is 5.75. The van der Waals surface area contributed by atoms with Crippen LogP contribution >= 0.6 is 0 Å².